The summed E-state index contributed by atoms with van der Waals surface area (Å²) in [5.41, 5.74) is 3.33. The largest absolute Gasteiger partial charge is 0.508 e. The number of aliphatic hydroxyl groups excluding tert-OH is 6. The molecule has 21 N–H and O–H groups in total. The normalized spacial score (nSPS) is 26.0. The Kier molecular flexibility index (Phi) is 29.0. The van der Waals surface area contributed by atoms with Crippen molar-refractivity contribution in [3.63, 3.8) is 0 Å². The van der Waals surface area contributed by atoms with E-state index in [1.54, 1.807) is 6.92 Å². The standard InChI is InChI=1S/C82H89Cl3FN13O26/c1-33(2)21-47(88-5)73(111)96-64-66(106)37-10-14-51(44(84)24-37)121-53-26-39-27-54(70(53)125-80-71(69(109)68(108)55(32-100)123-80)124-59-31-82(4,72(110)34(3)120-59)89-18-20-99-19-17-57(92-81(99)118)91-58(105)16-8-35-7-12-46(86)43(83)22-35)122-52-15-11-38(25-45(52)85)67(107)65-78(116)95-63(79(117)98-119-6)42-28-40(101)29-50(103)60(42)41-23-36(9-13-49(41)102)61(75(113)97-65)94-76(114)62(39)93-74(112)48(30-56(87)104)90-77(64)115/h7-17,19,22-29,33-34,47-48,55,59,61-69,71-72,80,88-89,100-103,106-110H,18,20-21,30-32H2,1-6H3,(H2,87,104)(H,90,115)(H,93,112)(H,94,114)(H,95,116)(H,96,111)(H,97,113)(H,98,117)(H,91,92,105,118)/b16-8+/t34-,47+,48-,55+,59-,61+,62+,63+,64+,65-,66+,67+,68+,69-,71+,72+,80-,82-/m0/s1. The summed E-state index contributed by atoms with van der Waals surface area (Å²) in [5, 5.41) is 129. The number of carbonyl (C=O) groups is 9. The molecule has 8 heterocycles. The number of likely N-dealkylation sites (N-methyl/N-ethyl adjacent to an activating group) is 1. The van der Waals surface area contributed by atoms with E-state index in [9.17, 15) is 74.3 Å². The van der Waals surface area contributed by atoms with Crippen molar-refractivity contribution in [1.82, 2.24) is 57.6 Å². The van der Waals surface area contributed by atoms with E-state index < -0.39 is 259 Å². The zero-order chi connectivity index (χ0) is 90.5. The lowest BCUT2D eigenvalue weighted by atomic mass is 9.85. The molecule has 1 aromatic heterocycles. The van der Waals surface area contributed by atoms with E-state index in [0.29, 0.717) is 5.56 Å². The molecule has 2 fully saturated rings. The Morgan fingerprint density at radius 1 is 0.736 bits per heavy atom. The highest BCUT2D eigenvalue weighted by atomic mass is 35.5. The van der Waals surface area contributed by atoms with Gasteiger partial charge in [0.2, 0.25) is 59.3 Å². The van der Waals surface area contributed by atoms with Crippen molar-refractivity contribution < 1.29 is 127 Å². The third-order valence-electron chi connectivity index (χ3n) is 21.3. The van der Waals surface area contributed by atoms with Crippen LogP contribution < -0.4 is 79.0 Å². The molecular formula is C82H89Cl3FN13O26. The second kappa shape index (κ2) is 39.2. The molecule has 2 saturated heterocycles. The number of nitrogens with zero attached hydrogens (tertiary/aromatic N) is 2. The number of fused-ring (bicyclic) bond motifs is 15. The van der Waals surface area contributed by atoms with E-state index in [0.717, 1.165) is 86.0 Å². The van der Waals surface area contributed by atoms with Crippen molar-refractivity contribution in [2.24, 2.45) is 11.7 Å². The molecule has 43 heteroatoms. The number of benzene rings is 6. The first-order chi connectivity index (χ1) is 59.3. The van der Waals surface area contributed by atoms with E-state index >= 15 is 24.0 Å². The summed E-state index contributed by atoms with van der Waals surface area (Å²) in [5.74, 6) is -17.0. The molecule has 7 aromatic rings. The quantitative estimate of drug-likeness (QED) is 0.0361. The predicted molar refractivity (Wildman–Crippen MR) is 438 cm³/mol. The van der Waals surface area contributed by atoms with Crippen LogP contribution in [0.5, 0.6) is 46.0 Å². The number of aromatic hydroxyl groups is 3. The Bertz CT molecular complexity index is 5420. The van der Waals surface area contributed by atoms with Gasteiger partial charge in [-0.3, -0.25) is 52.6 Å². The molecule has 7 aliphatic rings. The SMILES string of the molecule is CN[C@H](CC(C)C)C(=O)N[C@H]1C(=O)N[C@@H](CC(N)=O)C(=O)N[C@H]2C(=O)N[C@H]3C(=O)N[C@H](C(=O)N[C@@H](C(=O)NOC)c4cc(O)cc(O)c4-c4cc3ccc4O)[C@H](O)c3ccc(c(Cl)c3)Oc3cc2cc(c3O[C@@H]2O[C@H](CO)[C@@H](O)[C@H](O)[C@H]2O[C@H]2C[C@](C)(NCCn3ccc(NC(=O)/C=C/c4ccc(F)c(Cl)c4)nc3=O)[C@H](O)[C@H](C)O2)Oc2ccc(cc2Cl)[C@H]1O. The molecule has 0 aliphatic carbocycles. The highest BCUT2D eigenvalue weighted by molar-refractivity contribution is 6.32. The van der Waals surface area contributed by atoms with E-state index in [1.807, 2.05) is 13.8 Å². The lowest BCUT2D eigenvalue weighted by molar-refractivity contribution is -0.334. The molecule has 0 spiro atoms. The number of hydrogen-bond donors (Lipinski definition) is 20. The molecule has 11 bridgehead atoms. The lowest BCUT2D eigenvalue weighted by Gasteiger charge is -2.48. The molecule has 0 unspecified atom stereocenters. The molecule has 7 aliphatic heterocycles. The van der Waals surface area contributed by atoms with Gasteiger partial charge in [0.25, 0.3) is 5.91 Å². The number of anilines is 1. The van der Waals surface area contributed by atoms with Crippen LogP contribution in [0.2, 0.25) is 15.1 Å². The van der Waals surface area contributed by atoms with Crippen molar-refractivity contribution in [3.05, 3.63) is 180 Å². The fraction of sp³-hybridized carbons (Fsp3) is 0.378. The van der Waals surface area contributed by atoms with Gasteiger partial charge in [0.1, 0.15) is 107 Å². The first-order valence-electron chi connectivity index (χ1n) is 38.9. The van der Waals surface area contributed by atoms with Crippen LogP contribution in [-0.2, 0) is 68.7 Å². The average Bonchev–Trinajstić information content (AvgIpc) is 0.749. The van der Waals surface area contributed by atoms with Crippen LogP contribution >= 0.6 is 34.8 Å². The number of amides is 9. The zero-order valence-electron chi connectivity index (χ0n) is 67.1. The Hall–Kier alpha value is -11.7. The lowest BCUT2D eigenvalue weighted by Crippen LogP contribution is -2.65. The average molecular weight is 1800 g/mol. The Balaban J connectivity index is 0.992. The van der Waals surface area contributed by atoms with Crippen LogP contribution in [0.25, 0.3) is 17.2 Å². The first-order valence-corrected chi connectivity index (χ1v) is 40.0. The second-order valence-electron chi connectivity index (χ2n) is 30.7. The summed E-state index contributed by atoms with van der Waals surface area (Å²) in [7, 11) is 2.49. The van der Waals surface area contributed by atoms with E-state index in [2.05, 4.69) is 58.3 Å². The maximum atomic E-state index is 16.3. The molecule has 0 saturated carbocycles. The van der Waals surface area contributed by atoms with Gasteiger partial charge in [-0.05, 0) is 145 Å². The molecule has 14 rings (SSSR count). The fourth-order valence-corrected chi connectivity index (χ4v) is 15.5. The summed E-state index contributed by atoms with van der Waals surface area (Å²) in [4.78, 5) is 154. The first kappa shape index (κ1) is 92.5. The molecule has 39 nitrogen and oxygen atoms in total. The third-order valence-corrected chi connectivity index (χ3v) is 22.2. The number of primary amides is 1. The van der Waals surface area contributed by atoms with Gasteiger partial charge >= 0.3 is 5.69 Å². The van der Waals surface area contributed by atoms with Crippen LogP contribution in [0.3, 0.4) is 0 Å². The van der Waals surface area contributed by atoms with Crippen LogP contribution in [0, 0.1) is 11.7 Å². The predicted octanol–water partition coefficient (Wildman–Crippen LogP) is 2.03. The van der Waals surface area contributed by atoms with Gasteiger partial charge < -0.3 is 128 Å². The third kappa shape index (κ3) is 21.0. The van der Waals surface area contributed by atoms with Gasteiger partial charge in [-0.25, -0.2) is 14.7 Å². The van der Waals surface area contributed by atoms with Crippen LogP contribution in [0.15, 0.2) is 120 Å². The summed E-state index contributed by atoms with van der Waals surface area (Å²) < 4.78 is 54.3. The Morgan fingerprint density at radius 2 is 1.39 bits per heavy atom. The van der Waals surface area contributed by atoms with Gasteiger partial charge in [0, 0.05) is 54.5 Å². The van der Waals surface area contributed by atoms with E-state index in [4.69, 9.17) is 73.8 Å². The molecule has 9 amide bonds. The summed E-state index contributed by atoms with van der Waals surface area (Å²) in [6.45, 7) is 5.50. The van der Waals surface area contributed by atoms with Gasteiger partial charge in [0.15, 0.2) is 23.9 Å². The number of hydroxylamine groups is 1. The Labute approximate surface area is 724 Å². The Morgan fingerprint density at radius 3 is 2.02 bits per heavy atom. The monoisotopic (exact) mass is 1800 g/mol. The van der Waals surface area contributed by atoms with Crippen molar-refractivity contribution in [2.75, 3.05) is 32.6 Å². The zero-order valence-corrected chi connectivity index (χ0v) is 69.4. The minimum Gasteiger partial charge on any atom is -0.508 e. The fourth-order valence-electron chi connectivity index (χ4n) is 14.9. The van der Waals surface area contributed by atoms with Crippen LogP contribution in [0.1, 0.15) is 111 Å². The number of halogens is 4. The second-order valence-corrected chi connectivity index (χ2v) is 31.9. The van der Waals surface area contributed by atoms with Gasteiger partial charge in [-0.15, -0.1) is 0 Å². The summed E-state index contributed by atoms with van der Waals surface area (Å²) in [6, 6.07) is 4.61. The van der Waals surface area contributed by atoms with Crippen molar-refractivity contribution in [1.29, 1.82) is 0 Å². The number of hydrogen-bond acceptors (Lipinski definition) is 29. The molecular weight excluding hydrogens is 1710 g/mol. The number of nitrogens with one attached hydrogen (secondary N) is 10. The van der Waals surface area contributed by atoms with Gasteiger partial charge in [-0.1, -0.05) is 72.9 Å². The molecule has 18 atom stereocenters. The van der Waals surface area contributed by atoms with E-state index in [1.165, 1.54) is 61.1 Å². The highest BCUT2D eigenvalue weighted by Gasteiger charge is 2.52. The van der Waals surface area contributed by atoms with Gasteiger partial charge in [0.05, 0.1) is 53.5 Å². The van der Waals surface area contributed by atoms with Crippen LogP contribution in [-0.4, -0.2) is 215 Å². The molecule has 125 heavy (non-hydrogen) atoms. The summed E-state index contributed by atoms with van der Waals surface area (Å²) in [6.07, 6.45) is -15.8. The number of aromatic nitrogens is 2. The molecule has 0 radical (unpaired) electrons. The minimum absolute atomic E-state index is 0.0618. The number of ether oxygens (including phenoxy) is 6. The topological polar surface area (TPSA) is 582 Å². The summed E-state index contributed by atoms with van der Waals surface area (Å²) >= 11 is 20.2. The molecule has 666 valence electrons. The smallest absolute Gasteiger partial charge is 0.349 e. The number of aliphatic hydroxyl groups is 6. The molecule has 6 aromatic carbocycles. The highest BCUT2D eigenvalue weighted by Crippen LogP contribution is 2.50. The number of carbonyl (C=O) groups excluding carboxylic acids is 9. The van der Waals surface area contributed by atoms with Crippen molar-refractivity contribution >= 4 is 99.9 Å². The van der Waals surface area contributed by atoms with E-state index in [-0.39, 0.29) is 65.1 Å². The van der Waals surface area contributed by atoms with Crippen molar-refractivity contribution in [3.8, 4) is 57.1 Å². The maximum Gasteiger partial charge on any atom is 0.349 e. The number of phenolic OH excluding ortho intramolecular Hbond substituents is 3. The van der Waals surface area contributed by atoms with Crippen molar-refractivity contribution in [2.45, 2.75) is 163 Å². The minimum atomic E-state index is -2.40. The van der Waals surface area contributed by atoms with Crippen LogP contribution in [0.4, 0.5) is 10.2 Å². The number of nitrogens with two attached hydrogens (primary N) is 1. The van der Waals surface area contributed by atoms with Gasteiger partial charge in [-0.2, -0.15) is 4.98 Å². The number of phenols is 3. The maximum absolute atomic E-state index is 16.3. The number of rotatable bonds is 21.